The van der Waals surface area contributed by atoms with Crippen molar-refractivity contribution in [3.63, 3.8) is 0 Å². The highest BCUT2D eigenvalue weighted by Crippen LogP contribution is 2.17. The second-order valence-electron chi connectivity index (χ2n) is 2.63. The summed E-state index contributed by atoms with van der Waals surface area (Å²) in [6.45, 7) is 0. The summed E-state index contributed by atoms with van der Waals surface area (Å²) in [4.78, 5) is 21.2. The van der Waals surface area contributed by atoms with Crippen LogP contribution < -0.4 is 0 Å². The molecule has 0 aliphatic carbocycles. The maximum Gasteiger partial charge on any atom is 0.328 e. The molecule has 78 valence electrons. The zero-order valence-corrected chi connectivity index (χ0v) is 8.40. The van der Waals surface area contributed by atoms with Crippen LogP contribution in [-0.2, 0) is 9.59 Å². The van der Waals surface area contributed by atoms with Crippen LogP contribution in [-0.4, -0.2) is 22.2 Å². The number of rotatable bonds is 4. The first-order valence-corrected chi connectivity index (χ1v) is 4.86. The van der Waals surface area contributed by atoms with Gasteiger partial charge in [0.15, 0.2) is 0 Å². The van der Waals surface area contributed by atoms with Crippen LogP contribution >= 0.6 is 11.3 Å². The Morgan fingerprint density at radius 2 is 1.73 bits per heavy atom. The lowest BCUT2D eigenvalue weighted by Crippen LogP contribution is -1.85. The molecule has 5 heteroatoms. The van der Waals surface area contributed by atoms with Gasteiger partial charge in [-0.05, 0) is 29.2 Å². The normalized spacial score (nSPS) is 11.2. The van der Waals surface area contributed by atoms with E-state index in [9.17, 15) is 9.59 Å². The molecule has 0 atom stereocenters. The maximum absolute atomic E-state index is 10.2. The van der Waals surface area contributed by atoms with Gasteiger partial charge in [-0.3, -0.25) is 0 Å². The Bertz CT molecular complexity index is 390. The summed E-state index contributed by atoms with van der Waals surface area (Å²) in [7, 11) is 0. The van der Waals surface area contributed by atoms with E-state index < -0.39 is 11.9 Å². The smallest absolute Gasteiger partial charge is 0.328 e. The number of hydrogen-bond donors (Lipinski definition) is 2. The van der Waals surface area contributed by atoms with Crippen molar-refractivity contribution in [2.24, 2.45) is 0 Å². The van der Waals surface area contributed by atoms with Crippen LogP contribution in [0.3, 0.4) is 0 Å². The summed E-state index contributed by atoms with van der Waals surface area (Å²) in [6.07, 6.45) is 4.99. The Labute approximate surface area is 89.8 Å². The Morgan fingerprint density at radius 3 is 2.33 bits per heavy atom. The summed E-state index contributed by atoms with van der Waals surface area (Å²) < 4.78 is 0. The average molecular weight is 224 g/mol. The van der Waals surface area contributed by atoms with E-state index in [1.165, 1.54) is 23.5 Å². The predicted molar refractivity (Wildman–Crippen MR) is 57.7 cm³/mol. The van der Waals surface area contributed by atoms with E-state index in [-0.39, 0.29) is 0 Å². The molecule has 0 unspecified atom stereocenters. The van der Waals surface area contributed by atoms with Gasteiger partial charge >= 0.3 is 11.9 Å². The molecule has 4 nitrogen and oxygen atoms in total. The summed E-state index contributed by atoms with van der Waals surface area (Å²) in [5, 5.41) is 18.5. The molecule has 0 fully saturated rings. The molecule has 1 aromatic rings. The van der Waals surface area contributed by atoms with Crippen LogP contribution in [0.1, 0.15) is 10.4 Å². The molecule has 0 aliphatic heterocycles. The molecule has 0 amide bonds. The SMILES string of the molecule is O=C(O)C=Cc1csc(/C=C/C(=O)O)c1. The first kappa shape index (κ1) is 11.2. The molecule has 0 radical (unpaired) electrons. The van der Waals surface area contributed by atoms with Crippen molar-refractivity contribution < 1.29 is 19.8 Å². The fraction of sp³-hybridized carbons (Fsp3) is 0. The topological polar surface area (TPSA) is 74.6 Å². The molecule has 15 heavy (non-hydrogen) atoms. The molecule has 2 N–H and O–H groups in total. The van der Waals surface area contributed by atoms with E-state index in [1.54, 1.807) is 11.4 Å². The van der Waals surface area contributed by atoms with Gasteiger partial charge in [-0.25, -0.2) is 9.59 Å². The molecule has 0 spiro atoms. The zero-order chi connectivity index (χ0) is 11.3. The highest BCUT2D eigenvalue weighted by molar-refractivity contribution is 7.11. The quantitative estimate of drug-likeness (QED) is 0.766. The number of hydrogen-bond acceptors (Lipinski definition) is 3. The minimum absolute atomic E-state index is 0.743. The lowest BCUT2D eigenvalue weighted by atomic mass is 10.3. The number of carboxylic acids is 2. The van der Waals surface area contributed by atoms with Gasteiger partial charge < -0.3 is 10.2 Å². The number of carbonyl (C=O) groups is 2. The number of thiophene rings is 1. The van der Waals surface area contributed by atoms with E-state index in [1.807, 2.05) is 0 Å². The van der Waals surface area contributed by atoms with Crippen molar-refractivity contribution in [3.05, 3.63) is 34.0 Å². The van der Waals surface area contributed by atoms with Crippen LogP contribution in [0.2, 0.25) is 0 Å². The highest BCUT2D eigenvalue weighted by Gasteiger charge is 1.95. The molecule has 0 bridgehead atoms. The van der Waals surface area contributed by atoms with Gasteiger partial charge in [-0.15, -0.1) is 11.3 Å². The third-order valence-corrected chi connectivity index (χ3v) is 2.36. The van der Waals surface area contributed by atoms with Crippen molar-refractivity contribution in [2.45, 2.75) is 0 Å². The molecule has 1 rings (SSSR count). The summed E-state index contributed by atoms with van der Waals surface area (Å²) in [5.74, 6) is -2.02. The Balaban J connectivity index is 2.72. The largest absolute Gasteiger partial charge is 0.478 e. The van der Waals surface area contributed by atoms with Crippen molar-refractivity contribution in [2.75, 3.05) is 0 Å². The average Bonchev–Trinajstić information content (AvgIpc) is 2.59. The van der Waals surface area contributed by atoms with Crippen LogP contribution in [0.25, 0.3) is 12.2 Å². The van der Waals surface area contributed by atoms with E-state index >= 15 is 0 Å². The minimum Gasteiger partial charge on any atom is -0.478 e. The molecule has 0 aliphatic rings. The van der Waals surface area contributed by atoms with Crippen LogP contribution in [0.4, 0.5) is 0 Å². The monoisotopic (exact) mass is 224 g/mol. The molecule has 0 aromatic carbocycles. The summed E-state index contributed by atoms with van der Waals surface area (Å²) in [6, 6.07) is 1.71. The Hall–Kier alpha value is -1.88. The van der Waals surface area contributed by atoms with Gasteiger partial charge in [0.05, 0.1) is 0 Å². The Kier molecular flexibility index (Phi) is 3.82. The molecular weight excluding hydrogens is 216 g/mol. The highest BCUT2D eigenvalue weighted by atomic mass is 32.1. The molecule has 0 saturated carbocycles. The van der Waals surface area contributed by atoms with Gasteiger partial charge in [0, 0.05) is 17.0 Å². The van der Waals surface area contributed by atoms with Gasteiger partial charge in [0.2, 0.25) is 0 Å². The third-order valence-electron chi connectivity index (χ3n) is 1.45. The predicted octanol–water partition coefficient (Wildman–Crippen LogP) is 1.94. The minimum atomic E-state index is -1.01. The maximum atomic E-state index is 10.2. The zero-order valence-electron chi connectivity index (χ0n) is 7.58. The lowest BCUT2D eigenvalue weighted by molar-refractivity contribution is -0.132. The van der Waals surface area contributed by atoms with Gasteiger partial charge in [-0.2, -0.15) is 0 Å². The van der Waals surface area contributed by atoms with Crippen LogP contribution in [0.15, 0.2) is 23.6 Å². The third kappa shape index (κ3) is 4.24. The molecule has 0 saturated heterocycles. The van der Waals surface area contributed by atoms with Gasteiger partial charge in [-0.1, -0.05) is 0 Å². The number of aliphatic carboxylic acids is 2. The standard InChI is InChI=1S/C10H8O4S/c11-9(12)3-1-7-5-8(15-6-7)2-4-10(13)14/h1-6H,(H,11,12)(H,13,14)/b3-1?,4-2+. The van der Waals surface area contributed by atoms with Gasteiger partial charge in [0.1, 0.15) is 0 Å². The fourth-order valence-electron chi connectivity index (χ4n) is 0.864. The van der Waals surface area contributed by atoms with E-state index in [0.717, 1.165) is 22.6 Å². The van der Waals surface area contributed by atoms with Crippen molar-refractivity contribution in [1.29, 1.82) is 0 Å². The Morgan fingerprint density at radius 1 is 1.13 bits per heavy atom. The van der Waals surface area contributed by atoms with Crippen molar-refractivity contribution >= 4 is 35.4 Å². The fourth-order valence-corrected chi connectivity index (χ4v) is 1.63. The number of carboxylic acid groups (broad SMARTS) is 2. The van der Waals surface area contributed by atoms with Gasteiger partial charge in [0.25, 0.3) is 0 Å². The molecular formula is C10H8O4S. The van der Waals surface area contributed by atoms with Crippen molar-refractivity contribution in [3.8, 4) is 0 Å². The van der Waals surface area contributed by atoms with E-state index in [4.69, 9.17) is 10.2 Å². The molecule has 1 aromatic heterocycles. The summed E-state index contributed by atoms with van der Waals surface area (Å²) in [5.41, 5.74) is 0.743. The first-order chi connectivity index (χ1) is 7.08. The van der Waals surface area contributed by atoms with Crippen LogP contribution in [0.5, 0.6) is 0 Å². The second-order valence-corrected chi connectivity index (χ2v) is 3.57. The second kappa shape index (κ2) is 5.11. The van der Waals surface area contributed by atoms with Crippen molar-refractivity contribution in [1.82, 2.24) is 0 Å². The van der Waals surface area contributed by atoms with Crippen LogP contribution in [0, 0.1) is 0 Å². The molecule has 1 heterocycles. The summed E-state index contributed by atoms with van der Waals surface area (Å²) >= 11 is 1.35. The lowest BCUT2D eigenvalue weighted by Gasteiger charge is -1.82. The first-order valence-electron chi connectivity index (χ1n) is 3.98. The van der Waals surface area contributed by atoms with E-state index in [0.29, 0.717) is 0 Å². The van der Waals surface area contributed by atoms with E-state index in [2.05, 4.69) is 0 Å².